The van der Waals surface area contributed by atoms with E-state index in [2.05, 4.69) is 27.4 Å². The molecule has 132 valence electrons. The lowest BCUT2D eigenvalue weighted by molar-refractivity contribution is 0.339. The molecule has 0 radical (unpaired) electrons. The molecule has 0 bridgehead atoms. The van der Waals surface area contributed by atoms with Gasteiger partial charge in [-0.05, 0) is 48.9 Å². The first-order valence-electron chi connectivity index (χ1n) is 8.15. The molecular formula is C21H23BrFNO. The van der Waals surface area contributed by atoms with Crippen molar-refractivity contribution in [2.45, 2.75) is 6.92 Å². The van der Waals surface area contributed by atoms with Crippen molar-refractivity contribution in [3.8, 4) is 16.9 Å². The normalized spacial score (nSPS) is 11.2. The number of likely N-dealkylation sites (N-methyl/N-ethyl adjacent to an activating group) is 1. The van der Waals surface area contributed by atoms with Crippen LogP contribution < -0.4 is 4.74 Å². The number of nitrogens with zero attached hydrogens (tertiary/aromatic N) is 1. The van der Waals surface area contributed by atoms with Gasteiger partial charge in [-0.3, -0.25) is 4.90 Å². The Morgan fingerprint density at radius 1 is 1.20 bits per heavy atom. The van der Waals surface area contributed by atoms with Gasteiger partial charge in [-0.1, -0.05) is 52.4 Å². The zero-order valence-electron chi connectivity index (χ0n) is 14.6. The highest BCUT2D eigenvalue weighted by atomic mass is 79.9. The molecule has 0 unspecified atom stereocenters. The molecule has 0 aliphatic rings. The van der Waals surface area contributed by atoms with E-state index in [-0.39, 0.29) is 11.6 Å². The lowest BCUT2D eigenvalue weighted by Crippen LogP contribution is -2.17. The number of hydrogen-bond donors (Lipinski definition) is 0. The Morgan fingerprint density at radius 2 is 2.00 bits per heavy atom. The van der Waals surface area contributed by atoms with E-state index in [9.17, 15) is 4.39 Å². The first kappa shape index (κ1) is 19.4. The second-order valence-corrected chi connectivity index (χ2v) is 6.77. The molecule has 2 rings (SSSR count). The van der Waals surface area contributed by atoms with Crippen molar-refractivity contribution in [1.82, 2.24) is 4.90 Å². The Hall–Kier alpha value is -1.91. The summed E-state index contributed by atoms with van der Waals surface area (Å²) in [7, 11) is 2.01. The standard InChI is InChI=1S/C21H23BrFNO/c1-4-12-24(3)13-5-6-14-25-20-11-10-19(16(2)21(20)23)17-8-7-9-18(22)15-17/h4-11,15H,1,12-14H2,2-3H3/b6-5+. The minimum atomic E-state index is -0.311. The summed E-state index contributed by atoms with van der Waals surface area (Å²) in [5.41, 5.74) is 2.43. The van der Waals surface area contributed by atoms with Crippen molar-refractivity contribution in [2.24, 2.45) is 0 Å². The van der Waals surface area contributed by atoms with Gasteiger partial charge in [-0.2, -0.15) is 0 Å². The van der Waals surface area contributed by atoms with E-state index in [0.717, 1.165) is 28.7 Å². The summed E-state index contributed by atoms with van der Waals surface area (Å²) in [6.07, 6.45) is 5.76. The molecule has 4 heteroatoms. The highest BCUT2D eigenvalue weighted by molar-refractivity contribution is 9.10. The maximum Gasteiger partial charge on any atom is 0.168 e. The summed E-state index contributed by atoms with van der Waals surface area (Å²) in [6, 6.07) is 11.4. The lowest BCUT2D eigenvalue weighted by atomic mass is 10.00. The maximum absolute atomic E-state index is 14.6. The molecule has 2 aromatic rings. The Labute approximate surface area is 157 Å². The van der Waals surface area contributed by atoms with Gasteiger partial charge < -0.3 is 4.74 Å². The average molecular weight is 404 g/mol. The van der Waals surface area contributed by atoms with Gasteiger partial charge in [-0.15, -0.1) is 6.58 Å². The fourth-order valence-corrected chi connectivity index (χ4v) is 2.90. The van der Waals surface area contributed by atoms with Crippen LogP contribution in [0.2, 0.25) is 0 Å². The second kappa shape index (κ2) is 9.54. The van der Waals surface area contributed by atoms with Gasteiger partial charge in [0.2, 0.25) is 0 Å². The van der Waals surface area contributed by atoms with Gasteiger partial charge in [0.15, 0.2) is 11.6 Å². The molecule has 0 saturated carbocycles. The van der Waals surface area contributed by atoms with E-state index in [0.29, 0.717) is 12.2 Å². The minimum Gasteiger partial charge on any atom is -0.486 e. The average Bonchev–Trinajstić information content (AvgIpc) is 2.58. The third-order valence-electron chi connectivity index (χ3n) is 3.85. The molecule has 0 atom stereocenters. The van der Waals surface area contributed by atoms with Crippen molar-refractivity contribution in [2.75, 3.05) is 26.7 Å². The molecule has 25 heavy (non-hydrogen) atoms. The Balaban J connectivity index is 2.03. The molecule has 0 heterocycles. The monoisotopic (exact) mass is 403 g/mol. The molecule has 0 aromatic heterocycles. The van der Waals surface area contributed by atoms with E-state index in [1.165, 1.54) is 0 Å². The molecule has 0 amide bonds. The van der Waals surface area contributed by atoms with Crippen LogP contribution in [0, 0.1) is 12.7 Å². The second-order valence-electron chi connectivity index (χ2n) is 5.85. The summed E-state index contributed by atoms with van der Waals surface area (Å²) in [4.78, 5) is 2.11. The summed E-state index contributed by atoms with van der Waals surface area (Å²) < 4.78 is 21.1. The first-order valence-corrected chi connectivity index (χ1v) is 8.94. The predicted molar refractivity (Wildman–Crippen MR) is 107 cm³/mol. The molecule has 0 fully saturated rings. The van der Waals surface area contributed by atoms with Crippen LogP contribution in [0.5, 0.6) is 5.75 Å². The number of rotatable bonds is 8. The van der Waals surface area contributed by atoms with Crippen molar-refractivity contribution in [1.29, 1.82) is 0 Å². The van der Waals surface area contributed by atoms with Crippen LogP contribution in [-0.2, 0) is 0 Å². The van der Waals surface area contributed by atoms with Crippen LogP contribution in [0.15, 0.2) is 65.7 Å². The maximum atomic E-state index is 14.6. The SMILES string of the molecule is C=CCN(C)C/C=C/COc1ccc(-c2cccc(Br)c2)c(C)c1F. The molecule has 0 aliphatic carbocycles. The van der Waals surface area contributed by atoms with Crippen LogP contribution in [0.3, 0.4) is 0 Å². The third-order valence-corrected chi connectivity index (χ3v) is 4.34. The molecule has 0 saturated heterocycles. The number of benzene rings is 2. The quantitative estimate of drug-likeness (QED) is 0.530. The van der Waals surface area contributed by atoms with Crippen LogP contribution in [0.1, 0.15) is 5.56 Å². The summed E-state index contributed by atoms with van der Waals surface area (Å²) >= 11 is 3.45. The molecule has 0 aliphatic heterocycles. The Bertz CT molecular complexity index is 758. The third kappa shape index (κ3) is 5.55. The smallest absolute Gasteiger partial charge is 0.168 e. The van der Waals surface area contributed by atoms with Gasteiger partial charge in [0.05, 0.1) is 0 Å². The van der Waals surface area contributed by atoms with Crippen LogP contribution in [-0.4, -0.2) is 31.6 Å². The van der Waals surface area contributed by atoms with Gasteiger partial charge >= 0.3 is 0 Å². The molecule has 2 nitrogen and oxygen atoms in total. The molecule has 0 N–H and O–H groups in total. The van der Waals surface area contributed by atoms with Crippen LogP contribution >= 0.6 is 15.9 Å². The molecule has 0 spiro atoms. The van der Waals surface area contributed by atoms with Gasteiger partial charge in [0, 0.05) is 17.6 Å². The molecule has 2 aromatic carbocycles. The van der Waals surface area contributed by atoms with Crippen molar-refractivity contribution in [3.05, 3.63) is 77.1 Å². The topological polar surface area (TPSA) is 12.5 Å². The van der Waals surface area contributed by atoms with Crippen LogP contribution in [0.4, 0.5) is 4.39 Å². The van der Waals surface area contributed by atoms with E-state index in [1.807, 2.05) is 55.6 Å². The van der Waals surface area contributed by atoms with E-state index in [1.54, 1.807) is 13.0 Å². The van der Waals surface area contributed by atoms with E-state index < -0.39 is 0 Å². The number of hydrogen-bond acceptors (Lipinski definition) is 2. The van der Waals surface area contributed by atoms with Crippen molar-refractivity contribution < 1.29 is 9.13 Å². The Kier molecular flexibility index (Phi) is 7.41. The minimum absolute atomic E-state index is 0.278. The van der Waals surface area contributed by atoms with Crippen LogP contribution in [0.25, 0.3) is 11.1 Å². The first-order chi connectivity index (χ1) is 12.0. The Morgan fingerprint density at radius 3 is 2.72 bits per heavy atom. The zero-order valence-corrected chi connectivity index (χ0v) is 16.2. The van der Waals surface area contributed by atoms with E-state index in [4.69, 9.17) is 4.74 Å². The highest BCUT2D eigenvalue weighted by Crippen LogP contribution is 2.31. The van der Waals surface area contributed by atoms with Gasteiger partial charge in [-0.25, -0.2) is 4.39 Å². The zero-order chi connectivity index (χ0) is 18.2. The van der Waals surface area contributed by atoms with Crippen molar-refractivity contribution in [3.63, 3.8) is 0 Å². The largest absolute Gasteiger partial charge is 0.486 e. The summed E-state index contributed by atoms with van der Waals surface area (Å²) in [5, 5.41) is 0. The molecular weight excluding hydrogens is 381 g/mol. The lowest BCUT2D eigenvalue weighted by Gasteiger charge is -2.12. The summed E-state index contributed by atoms with van der Waals surface area (Å²) in [5.74, 6) is -0.0324. The number of ether oxygens (including phenoxy) is 1. The summed E-state index contributed by atoms with van der Waals surface area (Å²) in [6.45, 7) is 7.45. The van der Waals surface area contributed by atoms with Crippen molar-refractivity contribution >= 4 is 15.9 Å². The van der Waals surface area contributed by atoms with Gasteiger partial charge in [0.25, 0.3) is 0 Å². The van der Waals surface area contributed by atoms with Gasteiger partial charge in [0.1, 0.15) is 6.61 Å². The predicted octanol–water partition coefficient (Wildman–Crippen LogP) is 5.62. The number of halogens is 2. The fourth-order valence-electron chi connectivity index (χ4n) is 2.50. The van der Waals surface area contributed by atoms with E-state index >= 15 is 0 Å². The fraction of sp³-hybridized carbons (Fsp3) is 0.238. The highest BCUT2D eigenvalue weighted by Gasteiger charge is 2.12.